The molecule has 0 saturated carbocycles. The molecule has 0 spiro atoms. The summed E-state index contributed by atoms with van der Waals surface area (Å²) in [4.78, 5) is 1.48. The van der Waals surface area contributed by atoms with E-state index in [0.717, 1.165) is 4.90 Å². The number of aromatic hydroxyl groups is 1. The molecular formula is C27H20F4O2S. The molecule has 0 aliphatic rings. The lowest BCUT2D eigenvalue weighted by atomic mass is 9.68. The van der Waals surface area contributed by atoms with Gasteiger partial charge in [-0.1, -0.05) is 48.2 Å². The van der Waals surface area contributed by atoms with Crippen molar-refractivity contribution in [2.45, 2.75) is 21.4 Å². The Balaban J connectivity index is 1.86. The number of alkyl halides is 3. The monoisotopic (exact) mass is 484 g/mol. The van der Waals surface area contributed by atoms with Crippen LogP contribution in [0.1, 0.15) is 16.7 Å². The fraction of sp³-hybridized carbons (Fsp3) is 0.111. The molecule has 0 saturated heterocycles. The summed E-state index contributed by atoms with van der Waals surface area (Å²) in [6.07, 6.45) is -4.70. The second-order valence-corrected chi connectivity index (χ2v) is 8.75. The van der Waals surface area contributed by atoms with Crippen molar-refractivity contribution >= 4 is 11.8 Å². The fourth-order valence-electron chi connectivity index (χ4n) is 3.96. The van der Waals surface area contributed by atoms with Gasteiger partial charge < -0.3 is 9.84 Å². The van der Waals surface area contributed by atoms with Gasteiger partial charge in [-0.05, 0) is 77.4 Å². The first-order chi connectivity index (χ1) is 16.2. The molecule has 0 amide bonds. The van der Waals surface area contributed by atoms with Crippen LogP contribution in [0.4, 0.5) is 17.6 Å². The zero-order chi connectivity index (χ0) is 24.3. The largest absolute Gasteiger partial charge is 0.508 e. The van der Waals surface area contributed by atoms with Crippen LogP contribution in [0.15, 0.2) is 107 Å². The zero-order valence-electron chi connectivity index (χ0n) is 18.0. The minimum atomic E-state index is -4.70. The maximum absolute atomic E-state index is 15.1. The summed E-state index contributed by atoms with van der Waals surface area (Å²) in [5.74, 6) is -0.0415. The lowest BCUT2D eigenvalue weighted by Crippen LogP contribution is -2.44. The predicted octanol–water partition coefficient (Wildman–Crippen LogP) is 7.59. The van der Waals surface area contributed by atoms with Crippen molar-refractivity contribution in [2.24, 2.45) is 0 Å². The van der Waals surface area contributed by atoms with Gasteiger partial charge in [0.1, 0.15) is 22.7 Å². The normalized spacial score (nSPS) is 13.3. The molecule has 7 heteroatoms. The van der Waals surface area contributed by atoms with Gasteiger partial charge in [0.2, 0.25) is 0 Å². The molecule has 0 heterocycles. The topological polar surface area (TPSA) is 29.5 Å². The number of phenols is 1. The van der Waals surface area contributed by atoms with Crippen molar-refractivity contribution in [3.8, 4) is 11.5 Å². The van der Waals surface area contributed by atoms with Gasteiger partial charge >= 0.3 is 6.18 Å². The van der Waals surface area contributed by atoms with Crippen LogP contribution >= 0.6 is 11.8 Å². The fourth-order valence-corrected chi connectivity index (χ4v) is 4.77. The van der Waals surface area contributed by atoms with Crippen molar-refractivity contribution < 1.29 is 27.4 Å². The van der Waals surface area contributed by atoms with Crippen LogP contribution in [0.5, 0.6) is 11.5 Å². The van der Waals surface area contributed by atoms with E-state index in [1.807, 2.05) is 0 Å². The molecule has 0 aliphatic heterocycles. The highest BCUT2D eigenvalue weighted by molar-refractivity contribution is 7.99. The summed E-state index contributed by atoms with van der Waals surface area (Å²) in [6, 6.07) is 22.9. The Bertz CT molecular complexity index is 1240. The zero-order valence-corrected chi connectivity index (χ0v) is 18.8. The van der Waals surface area contributed by atoms with Gasteiger partial charge in [0, 0.05) is 9.79 Å². The molecule has 0 radical (unpaired) electrons. The standard InChI is InChI=1S/C27H20F4O2S/c1-33-23-12-4-19(5-13-23)26(27(29,30)31,18-2-10-22(32)11-3-18)20-6-14-24(15-7-20)34-25-16-8-21(28)9-17-25/h2-17,32H,1H3. The molecule has 0 fully saturated rings. The van der Waals surface area contributed by atoms with Crippen molar-refractivity contribution in [3.05, 3.63) is 120 Å². The second kappa shape index (κ2) is 9.43. The van der Waals surface area contributed by atoms with E-state index in [1.54, 1.807) is 24.3 Å². The van der Waals surface area contributed by atoms with Crippen molar-refractivity contribution in [1.29, 1.82) is 0 Å². The molecule has 0 bridgehead atoms. The Morgan fingerprint density at radius 2 is 1.06 bits per heavy atom. The molecule has 2 nitrogen and oxygen atoms in total. The number of phenolic OH excluding ortho intramolecular Hbond substituents is 1. The van der Waals surface area contributed by atoms with Crippen molar-refractivity contribution in [1.82, 2.24) is 0 Å². The number of benzene rings is 4. The van der Waals surface area contributed by atoms with E-state index in [-0.39, 0.29) is 28.3 Å². The molecule has 174 valence electrons. The summed E-state index contributed by atoms with van der Waals surface area (Å²) in [7, 11) is 1.45. The van der Waals surface area contributed by atoms with Crippen LogP contribution in [-0.2, 0) is 5.41 Å². The molecule has 4 aromatic carbocycles. The Morgan fingerprint density at radius 3 is 1.50 bits per heavy atom. The molecule has 4 rings (SSSR count). The summed E-state index contributed by atoms with van der Waals surface area (Å²) < 4.78 is 63.5. The van der Waals surface area contributed by atoms with Crippen LogP contribution in [0.25, 0.3) is 0 Å². The first kappa shape index (κ1) is 23.7. The third kappa shape index (κ3) is 4.48. The Morgan fingerprint density at radius 1 is 0.647 bits per heavy atom. The van der Waals surface area contributed by atoms with E-state index in [2.05, 4.69) is 0 Å². The molecule has 4 aromatic rings. The highest BCUT2D eigenvalue weighted by atomic mass is 32.2. The summed E-state index contributed by atoms with van der Waals surface area (Å²) in [6.45, 7) is 0. The molecule has 34 heavy (non-hydrogen) atoms. The highest BCUT2D eigenvalue weighted by Crippen LogP contribution is 2.52. The summed E-state index contributed by atoms with van der Waals surface area (Å²) in [5.41, 5.74) is -2.46. The van der Waals surface area contributed by atoms with E-state index in [9.17, 15) is 9.50 Å². The van der Waals surface area contributed by atoms with Gasteiger partial charge in [0.15, 0.2) is 0 Å². The quantitative estimate of drug-likeness (QED) is 0.226. The number of hydrogen-bond acceptors (Lipinski definition) is 3. The number of halogens is 4. The van der Waals surface area contributed by atoms with Crippen LogP contribution in [0, 0.1) is 5.82 Å². The molecule has 1 unspecified atom stereocenters. The average Bonchev–Trinajstić information content (AvgIpc) is 2.83. The lowest BCUT2D eigenvalue weighted by molar-refractivity contribution is -0.166. The smallest absolute Gasteiger partial charge is 0.406 e. The van der Waals surface area contributed by atoms with Gasteiger partial charge in [0.05, 0.1) is 7.11 Å². The van der Waals surface area contributed by atoms with E-state index in [4.69, 9.17) is 4.74 Å². The van der Waals surface area contributed by atoms with Crippen LogP contribution in [-0.4, -0.2) is 18.4 Å². The number of methoxy groups -OCH3 is 1. The third-order valence-electron chi connectivity index (χ3n) is 5.59. The van der Waals surface area contributed by atoms with Gasteiger partial charge in [-0.15, -0.1) is 0 Å². The SMILES string of the molecule is COc1ccc(C(c2ccc(O)cc2)(c2ccc(Sc3ccc(F)cc3)cc2)C(F)(F)F)cc1. The van der Waals surface area contributed by atoms with Gasteiger partial charge in [-0.2, -0.15) is 13.2 Å². The third-order valence-corrected chi connectivity index (χ3v) is 6.60. The van der Waals surface area contributed by atoms with Crippen molar-refractivity contribution in [3.63, 3.8) is 0 Å². The van der Waals surface area contributed by atoms with Crippen LogP contribution in [0.3, 0.4) is 0 Å². The summed E-state index contributed by atoms with van der Waals surface area (Å²) in [5, 5.41) is 9.70. The number of ether oxygens (including phenoxy) is 1. The molecular weight excluding hydrogens is 464 g/mol. The van der Waals surface area contributed by atoms with Gasteiger partial charge in [-0.25, -0.2) is 4.39 Å². The highest BCUT2D eigenvalue weighted by Gasteiger charge is 2.58. The Kier molecular flexibility index (Phi) is 6.57. The Hall–Kier alpha value is -3.45. The minimum Gasteiger partial charge on any atom is -0.508 e. The molecule has 1 atom stereocenters. The molecule has 0 aromatic heterocycles. The second-order valence-electron chi connectivity index (χ2n) is 7.60. The number of hydrogen-bond donors (Lipinski definition) is 1. The van der Waals surface area contributed by atoms with E-state index in [1.165, 1.54) is 91.7 Å². The predicted molar refractivity (Wildman–Crippen MR) is 124 cm³/mol. The average molecular weight is 485 g/mol. The number of rotatable bonds is 6. The Labute approximate surface area is 198 Å². The maximum Gasteiger partial charge on any atom is 0.406 e. The van der Waals surface area contributed by atoms with Crippen LogP contribution < -0.4 is 4.74 Å². The first-order valence-electron chi connectivity index (χ1n) is 10.3. The lowest BCUT2D eigenvalue weighted by Gasteiger charge is -2.37. The van der Waals surface area contributed by atoms with Crippen LogP contribution in [0.2, 0.25) is 0 Å². The molecule has 0 aliphatic carbocycles. The van der Waals surface area contributed by atoms with Gasteiger partial charge in [0.25, 0.3) is 0 Å². The molecule has 1 N–H and O–H groups in total. The van der Waals surface area contributed by atoms with E-state index in [0.29, 0.717) is 10.6 Å². The van der Waals surface area contributed by atoms with E-state index < -0.39 is 11.6 Å². The van der Waals surface area contributed by atoms with Crippen molar-refractivity contribution in [2.75, 3.05) is 7.11 Å². The van der Waals surface area contributed by atoms with Gasteiger partial charge in [-0.3, -0.25) is 0 Å². The maximum atomic E-state index is 15.1. The first-order valence-corrected chi connectivity index (χ1v) is 11.1. The minimum absolute atomic E-state index is 0.0189. The van der Waals surface area contributed by atoms with E-state index >= 15 is 13.2 Å². The summed E-state index contributed by atoms with van der Waals surface area (Å²) >= 11 is 1.32.